The summed E-state index contributed by atoms with van der Waals surface area (Å²) in [7, 11) is 0. The standard InChI is InChI=1S/C13H12O3/c14-11-5-6-12-9(4-7-13(15)16)2-1-3-10(12)8-11/h1-3,5-6,8,14H,4,7H2,(H,15,16). The van der Waals surface area contributed by atoms with Gasteiger partial charge >= 0.3 is 5.97 Å². The highest BCUT2D eigenvalue weighted by Crippen LogP contribution is 2.23. The van der Waals surface area contributed by atoms with Crippen LogP contribution < -0.4 is 0 Å². The Morgan fingerprint density at radius 1 is 1.19 bits per heavy atom. The first kappa shape index (κ1) is 10.5. The van der Waals surface area contributed by atoms with Gasteiger partial charge in [0.1, 0.15) is 5.75 Å². The highest BCUT2D eigenvalue weighted by Gasteiger charge is 2.04. The molecule has 0 aromatic heterocycles. The van der Waals surface area contributed by atoms with Crippen molar-refractivity contribution in [2.45, 2.75) is 12.8 Å². The molecule has 0 saturated carbocycles. The summed E-state index contributed by atoms with van der Waals surface area (Å²) in [5, 5.41) is 19.9. The second-order valence-corrected chi connectivity index (χ2v) is 3.72. The maximum atomic E-state index is 10.5. The van der Waals surface area contributed by atoms with E-state index in [1.54, 1.807) is 12.1 Å². The van der Waals surface area contributed by atoms with Crippen LogP contribution in [0.2, 0.25) is 0 Å². The van der Waals surface area contributed by atoms with Crippen LogP contribution in [0.25, 0.3) is 10.8 Å². The third kappa shape index (κ3) is 2.14. The maximum Gasteiger partial charge on any atom is 0.303 e. The molecule has 0 heterocycles. The topological polar surface area (TPSA) is 57.5 Å². The minimum atomic E-state index is -0.796. The van der Waals surface area contributed by atoms with Crippen molar-refractivity contribution < 1.29 is 15.0 Å². The van der Waals surface area contributed by atoms with Gasteiger partial charge in [-0.1, -0.05) is 24.3 Å². The van der Waals surface area contributed by atoms with Crippen molar-refractivity contribution in [1.29, 1.82) is 0 Å². The lowest BCUT2D eigenvalue weighted by molar-refractivity contribution is -0.136. The van der Waals surface area contributed by atoms with Crippen LogP contribution >= 0.6 is 0 Å². The van der Waals surface area contributed by atoms with E-state index in [1.165, 1.54) is 0 Å². The Kier molecular flexibility index (Phi) is 2.77. The Morgan fingerprint density at radius 3 is 2.75 bits per heavy atom. The van der Waals surface area contributed by atoms with Crippen molar-refractivity contribution >= 4 is 16.7 Å². The van der Waals surface area contributed by atoms with Gasteiger partial charge in [-0.2, -0.15) is 0 Å². The van der Waals surface area contributed by atoms with E-state index in [0.717, 1.165) is 16.3 Å². The summed E-state index contributed by atoms with van der Waals surface area (Å²) < 4.78 is 0. The largest absolute Gasteiger partial charge is 0.508 e. The van der Waals surface area contributed by atoms with Crippen molar-refractivity contribution in [3.05, 3.63) is 42.0 Å². The molecule has 0 amide bonds. The number of aliphatic carboxylic acids is 1. The lowest BCUT2D eigenvalue weighted by atomic mass is 10.0. The number of aromatic hydroxyl groups is 1. The molecule has 0 unspecified atom stereocenters. The first-order valence-electron chi connectivity index (χ1n) is 5.09. The van der Waals surface area contributed by atoms with Crippen LogP contribution in [0.5, 0.6) is 5.75 Å². The van der Waals surface area contributed by atoms with Crippen molar-refractivity contribution in [3.8, 4) is 5.75 Å². The van der Waals surface area contributed by atoms with E-state index in [2.05, 4.69) is 0 Å². The Labute approximate surface area is 93.0 Å². The Hall–Kier alpha value is -2.03. The predicted molar refractivity (Wildman–Crippen MR) is 61.6 cm³/mol. The molecule has 0 fully saturated rings. The third-order valence-electron chi connectivity index (χ3n) is 2.56. The van der Waals surface area contributed by atoms with Gasteiger partial charge in [-0.15, -0.1) is 0 Å². The molecule has 0 aliphatic carbocycles. The molecule has 2 N–H and O–H groups in total. The van der Waals surface area contributed by atoms with Gasteiger partial charge in [-0.3, -0.25) is 4.79 Å². The van der Waals surface area contributed by atoms with E-state index < -0.39 is 5.97 Å². The number of carboxylic acid groups (broad SMARTS) is 1. The van der Waals surface area contributed by atoms with Gasteiger partial charge in [-0.25, -0.2) is 0 Å². The van der Waals surface area contributed by atoms with E-state index in [1.807, 2.05) is 24.3 Å². The van der Waals surface area contributed by atoms with Gasteiger partial charge in [0, 0.05) is 6.42 Å². The summed E-state index contributed by atoms with van der Waals surface area (Å²) >= 11 is 0. The Balaban J connectivity index is 2.41. The van der Waals surface area contributed by atoms with E-state index in [0.29, 0.717) is 6.42 Å². The van der Waals surface area contributed by atoms with Gasteiger partial charge in [0.15, 0.2) is 0 Å². The molecule has 0 aliphatic heterocycles. The number of hydrogen-bond acceptors (Lipinski definition) is 2. The van der Waals surface area contributed by atoms with Crippen LogP contribution in [0.1, 0.15) is 12.0 Å². The number of hydrogen-bond donors (Lipinski definition) is 2. The summed E-state index contributed by atoms with van der Waals surface area (Å²) in [6.45, 7) is 0. The normalized spacial score (nSPS) is 10.5. The molecule has 0 saturated heterocycles. The zero-order chi connectivity index (χ0) is 11.5. The second kappa shape index (κ2) is 4.23. The Morgan fingerprint density at radius 2 is 2.00 bits per heavy atom. The molecule has 3 nitrogen and oxygen atoms in total. The average molecular weight is 216 g/mol. The van der Waals surface area contributed by atoms with Crippen LogP contribution in [-0.2, 0) is 11.2 Å². The summed E-state index contributed by atoms with van der Waals surface area (Å²) in [5.41, 5.74) is 1.000. The van der Waals surface area contributed by atoms with Crippen LogP contribution in [0.4, 0.5) is 0 Å². The van der Waals surface area contributed by atoms with Crippen LogP contribution in [0, 0.1) is 0 Å². The zero-order valence-electron chi connectivity index (χ0n) is 8.68. The highest BCUT2D eigenvalue weighted by molar-refractivity contribution is 5.87. The minimum Gasteiger partial charge on any atom is -0.508 e. The van der Waals surface area contributed by atoms with Gasteiger partial charge in [-0.05, 0) is 34.9 Å². The third-order valence-corrected chi connectivity index (χ3v) is 2.56. The molecule has 16 heavy (non-hydrogen) atoms. The fourth-order valence-corrected chi connectivity index (χ4v) is 1.80. The lowest BCUT2D eigenvalue weighted by Gasteiger charge is -2.05. The SMILES string of the molecule is O=C(O)CCc1cccc2cc(O)ccc12. The van der Waals surface area contributed by atoms with Gasteiger partial charge in [0.05, 0.1) is 0 Å². The molecule has 2 aromatic rings. The lowest BCUT2D eigenvalue weighted by Crippen LogP contribution is -1.97. The zero-order valence-corrected chi connectivity index (χ0v) is 8.68. The Bertz CT molecular complexity index is 532. The highest BCUT2D eigenvalue weighted by atomic mass is 16.4. The molecule has 3 heteroatoms. The van der Waals surface area contributed by atoms with E-state index in [-0.39, 0.29) is 12.2 Å². The number of phenols is 1. The fraction of sp³-hybridized carbons (Fsp3) is 0.154. The average Bonchev–Trinajstić information content (AvgIpc) is 2.25. The van der Waals surface area contributed by atoms with Gasteiger partial charge < -0.3 is 10.2 Å². The maximum absolute atomic E-state index is 10.5. The summed E-state index contributed by atoms with van der Waals surface area (Å²) in [5.74, 6) is -0.571. The first-order valence-corrected chi connectivity index (χ1v) is 5.09. The number of fused-ring (bicyclic) bond motifs is 1. The number of phenolic OH excluding ortho intramolecular Hbond substituents is 1. The van der Waals surface area contributed by atoms with Crippen molar-refractivity contribution in [2.75, 3.05) is 0 Å². The molecule has 0 atom stereocenters. The second-order valence-electron chi connectivity index (χ2n) is 3.72. The predicted octanol–water partition coefficient (Wildman–Crippen LogP) is 2.56. The summed E-state index contributed by atoms with van der Waals surface area (Å²) in [6.07, 6.45) is 0.636. The minimum absolute atomic E-state index is 0.125. The molecule has 0 bridgehead atoms. The molecular formula is C13H12O3. The van der Waals surface area contributed by atoms with Gasteiger partial charge in [0.2, 0.25) is 0 Å². The molecular weight excluding hydrogens is 204 g/mol. The molecule has 0 radical (unpaired) electrons. The van der Waals surface area contributed by atoms with E-state index in [4.69, 9.17) is 5.11 Å². The van der Waals surface area contributed by atoms with Crippen molar-refractivity contribution in [1.82, 2.24) is 0 Å². The van der Waals surface area contributed by atoms with Gasteiger partial charge in [0.25, 0.3) is 0 Å². The molecule has 0 spiro atoms. The monoisotopic (exact) mass is 216 g/mol. The fourth-order valence-electron chi connectivity index (χ4n) is 1.80. The van der Waals surface area contributed by atoms with Crippen LogP contribution in [0.15, 0.2) is 36.4 Å². The number of rotatable bonds is 3. The van der Waals surface area contributed by atoms with Crippen LogP contribution in [-0.4, -0.2) is 16.2 Å². The number of aryl methyl sites for hydroxylation is 1. The number of benzene rings is 2. The van der Waals surface area contributed by atoms with E-state index >= 15 is 0 Å². The smallest absolute Gasteiger partial charge is 0.303 e. The van der Waals surface area contributed by atoms with Crippen molar-refractivity contribution in [3.63, 3.8) is 0 Å². The number of carboxylic acids is 1. The molecule has 0 aliphatic rings. The summed E-state index contributed by atoms with van der Waals surface area (Å²) in [6, 6.07) is 10.8. The number of carbonyl (C=O) groups is 1. The first-order chi connectivity index (χ1) is 7.66. The molecule has 2 aromatic carbocycles. The van der Waals surface area contributed by atoms with Crippen molar-refractivity contribution in [2.24, 2.45) is 0 Å². The van der Waals surface area contributed by atoms with E-state index in [9.17, 15) is 9.90 Å². The molecule has 82 valence electrons. The molecule has 2 rings (SSSR count). The quantitative estimate of drug-likeness (QED) is 0.829. The summed E-state index contributed by atoms with van der Waals surface area (Å²) in [4.78, 5) is 10.5. The van der Waals surface area contributed by atoms with Crippen LogP contribution in [0.3, 0.4) is 0 Å².